The highest BCUT2D eigenvalue weighted by Gasteiger charge is 2.01. The molecule has 1 aromatic rings. The van der Waals surface area contributed by atoms with Crippen LogP contribution in [0.15, 0.2) is 24.3 Å². The van der Waals surface area contributed by atoms with Gasteiger partial charge in [-0.3, -0.25) is 4.79 Å². The Morgan fingerprint density at radius 1 is 1.50 bits per heavy atom. The molecule has 3 heteroatoms. The van der Waals surface area contributed by atoms with E-state index in [-0.39, 0.29) is 5.12 Å². The van der Waals surface area contributed by atoms with Crippen molar-refractivity contribution in [2.24, 2.45) is 0 Å². The maximum absolute atomic E-state index is 11.2. The minimum absolute atomic E-state index is 0.259. The Kier molecular flexibility index (Phi) is 4.53. The van der Waals surface area contributed by atoms with E-state index in [0.29, 0.717) is 6.42 Å². The van der Waals surface area contributed by atoms with Crippen LogP contribution in [0.2, 0.25) is 0 Å². The maximum atomic E-state index is 11.2. The van der Waals surface area contributed by atoms with E-state index in [1.54, 1.807) is 0 Å². The van der Waals surface area contributed by atoms with E-state index in [9.17, 15) is 4.79 Å². The van der Waals surface area contributed by atoms with E-state index < -0.39 is 0 Å². The number of rotatable bonds is 4. The number of benzene rings is 1. The van der Waals surface area contributed by atoms with Crippen LogP contribution in [0.25, 0.3) is 0 Å². The number of nitrogens with two attached hydrogens (primary N) is 1. The molecule has 1 aromatic carbocycles. The highest BCUT2D eigenvalue weighted by atomic mass is 32.2. The summed E-state index contributed by atoms with van der Waals surface area (Å²) < 4.78 is 0. The standard InChI is InChI=1S/C11H15NOS/c1-2-14-11(13)7-6-9-4-3-5-10(12)8-9/h3-5,8H,2,6-7,12H2,1H3. The van der Waals surface area contributed by atoms with Crippen molar-refractivity contribution >= 4 is 22.6 Å². The Morgan fingerprint density at radius 3 is 2.93 bits per heavy atom. The second-order valence-corrected chi connectivity index (χ2v) is 4.37. The van der Waals surface area contributed by atoms with Crippen molar-refractivity contribution in [1.82, 2.24) is 0 Å². The number of nitrogen functional groups attached to an aromatic ring is 1. The lowest BCUT2D eigenvalue weighted by Crippen LogP contribution is -1.96. The summed E-state index contributed by atoms with van der Waals surface area (Å²) in [5, 5.41) is 0.259. The van der Waals surface area contributed by atoms with Crippen molar-refractivity contribution in [1.29, 1.82) is 0 Å². The van der Waals surface area contributed by atoms with Crippen LogP contribution in [-0.4, -0.2) is 10.9 Å². The number of hydrogen-bond donors (Lipinski definition) is 1. The van der Waals surface area contributed by atoms with E-state index in [4.69, 9.17) is 5.73 Å². The molecule has 0 radical (unpaired) electrons. The van der Waals surface area contributed by atoms with Gasteiger partial charge in [0, 0.05) is 12.1 Å². The van der Waals surface area contributed by atoms with Crippen LogP contribution in [-0.2, 0) is 11.2 Å². The minimum Gasteiger partial charge on any atom is -0.399 e. The quantitative estimate of drug-likeness (QED) is 0.775. The number of anilines is 1. The molecule has 0 aliphatic rings. The molecule has 0 saturated carbocycles. The predicted molar refractivity (Wildman–Crippen MR) is 62.3 cm³/mol. The Balaban J connectivity index is 2.41. The first-order valence-electron chi connectivity index (χ1n) is 4.72. The zero-order chi connectivity index (χ0) is 10.4. The van der Waals surface area contributed by atoms with Gasteiger partial charge in [0.05, 0.1) is 0 Å². The largest absolute Gasteiger partial charge is 0.399 e. The number of carbonyl (C=O) groups is 1. The fourth-order valence-corrected chi connectivity index (χ4v) is 1.80. The molecule has 0 spiro atoms. The van der Waals surface area contributed by atoms with E-state index in [1.165, 1.54) is 11.8 Å². The van der Waals surface area contributed by atoms with Crippen molar-refractivity contribution in [3.63, 3.8) is 0 Å². The van der Waals surface area contributed by atoms with Gasteiger partial charge in [0.15, 0.2) is 5.12 Å². The monoisotopic (exact) mass is 209 g/mol. The third-order valence-electron chi connectivity index (χ3n) is 1.87. The van der Waals surface area contributed by atoms with Gasteiger partial charge in [-0.2, -0.15) is 0 Å². The van der Waals surface area contributed by atoms with E-state index in [2.05, 4.69) is 0 Å². The maximum Gasteiger partial charge on any atom is 0.189 e. The van der Waals surface area contributed by atoms with Gasteiger partial charge in [-0.15, -0.1) is 0 Å². The van der Waals surface area contributed by atoms with E-state index in [0.717, 1.165) is 23.4 Å². The second-order valence-electron chi connectivity index (χ2n) is 3.05. The number of hydrogen-bond acceptors (Lipinski definition) is 3. The van der Waals surface area contributed by atoms with Crippen molar-refractivity contribution in [3.8, 4) is 0 Å². The molecule has 0 fully saturated rings. The topological polar surface area (TPSA) is 43.1 Å². The minimum atomic E-state index is 0.259. The summed E-state index contributed by atoms with van der Waals surface area (Å²) in [5.74, 6) is 0.857. The van der Waals surface area contributed by atoms with Gasteiger partial charge in [0.1, 0.15) is 0 Å². The van der Waals surface area contributed by atoms with Crippen molar-refractivity contribution in [2.75, 3.05) is 11.5 Å². The third kappa shape index (κ3) is 3.83. The predicted octanol–water partition coefficient (Wildman–Crippen LogP) is 2.48. The Hall–Kier alpha value is -0.960. The molecule has 2 nitrogen and oxygen atoms in total. The van der Waals surface area contributed by atoms with Crippen LogP contribution >= 0.6 is 11.8 Å². The van der Waals surface area contributed by atoms with Crippen molar-refractivity contribution in [3.05, 3.63) is 29.8 Å². The van der Waals surface area contributed by atoms with Gasteiger partial charge in [-0.05, 0) is 29.9 Å². The van der Waals surface area contributed by atoms with E-state index >= 15 is 0 Å². The summed E-state index contributed by atoms with van der Waals surface area (Å²) in [6.07, 6.45) is 1.39. The van der Waals surface area contributed by atoms with Crippen molar-refractivity contribution in [2.45, 2.75) is 19.8 Å². The van der Waals surface area contributed by atoms with Gasteiger partial charge >= 0.3 is 0 Å². The van der Waals surface area contributed by atoms with Crippen LogP contribution in [0, 0.1) is 0 Å². The van der Waals surface area contributed by atoms with Crippen molar-refractivity contribution < 1.29 is 4.79 Å². The van der Waals surface area contributed by atoms with Crippen LogP contribution in [0.3, 0.4) is 0 Å². The second kappa shape index (κ2) is 5.70. The number of thioether (sulfide) groups is 1. The molecule has 2 N–H and O–H groups in total. The number of carbonyl (C=O) groups excluding carboxylic acids is 1. The fourth-order valence-electron chi connectivity index (χ4n) is 1.23. The van der Waals surface area contributed by atoms with Gasteiger partial charge in [0.25, 0.3) is 0 Å². The molecule has 0 saturated heterocycles. The molecule has 0 aromatic heterocycles. The summed E-state index contributed by atoms with van der Waals surface area (Å²) in [6.45, 7) is 1.99. The molecule has 0 atom stereocenters. The summed E-state index contributed by atoms with van der Waals surface area (Å²) in [6, 6.07) is 7.69. The molecule has 0 amide bonds. The molecule has 0 heterocycles. The summed E-state index contributed by atoms with van der Waals surface area (Å²) in [5.41, 5.74) is 7.53. The summed E-state index contributed by atoms with van der Waals surface area (Å²) in [7, 11) is 0. The first-order valence-corrected chi connectivity index (χ1v) is 5.71. The molecular formula is C11H15NOS. The van der Waals surface area contributed by atoms with Gasteiger partial charge in [-0.1, -0.05) is 30.8 Å². The smallest absolute Gasteiger partial charge is 0.189 e. The lowest BCUT2D eigenvalue weighted by atomic mass is 10.1. The molecule has 1 rings (SSSR count). The first-order chi connectivity index (χ1) is 6.72. The Bertz CT molecular complexity index is 312. The Labute approximate surface area is 88.9 Å². The SMILES string of the molecule is CCSC(=O)CCc1cccc(N)c1. The molecular weight excluding hydrogens is 194 g/mol. The third-order valence-corrected chi connectivity index (χ3v) is 2.69. The number of aryl methyl sites for hydroxylation is 1. The van der Waals surface area contributed by atoms with Gasteiger partial charge in [0.2, 0.25) is 0 Å². The molecule has 0 aliphatic heterocycles. The highest BCUT2D eigenvalue weighted by Crippen LogP contribution is 2.12. The van der Waals surface area contributed by atoms with E-state index in [1.807, 2.05) is 31.2 Å². The summed E-state index contributed by atoms with van der Waals surface area (Å²) in [4.78, 5) is 11.2. The van der Waals surface area contributed by atoms with Gasteiger partial charge in [-0.25, -0.2) is 0 Å². The molecule has 0 aliphatic carbocycles. The zero-order valence-corrected chi connectivity index (χ0v) is 9.14. The summed E-state index contributed by atoms with van der Waals surface area (Å²) >= 11 is 1.38. The lowest BCUT2D eigenvalue weighted by molar-refractivity contribution is -0.110. The molecule has 14 heavy (non-hydrogen) atoms. The van der Waals surface area contributed by atoms with Gasteiger partial charge < -0.3 is 5.73 Å². The van der Waals surface area contributed by atoms with Crippen LogP contribution in [0.4, 0.5) is 5.69 Å². The average molecular weight is 209 g/mol. The first kappa shape index (κ1) is 11.1. The molecule has 76 valence electrons. The average Bonchev–Trinajstić information content (AvgIpc) is 2.15. The highest BCUT2D eigenvalue weighted by molar-refractivity contribution is 8.13. The van der Waals surface area contributed by atoms with Crippen LogP contribution < -0.4 is 5.73 Å². The van der Waals surface area contributed by atoms with Crippen LogP contribution in [0.1, 0.15) is 18.9 Å². The Morgan fingerprint density at radius 2 is 2.29 bits per heavy atom. The fraction of sp³-hybridized carbons (Fsp3) is 0.364. The lowest BCUT2D eigenvalue weighted by Gasteiger charge is -2.01. The van der Waals surface area contributed by atoms with Crippen LogP contribution in [0.5, 0.6) is 0 Å². The molecule has 0 unspecified atom stereocenters. The zero-order valence-electron chi connectivity index (χ0n) is 8.32. The molecule has 0 bridgehead atoms. The normalized spacial score (nSPS) is 10.1.